The SMILES string of the molecule is COc1c(Oc2ccc3c(c2)nnn3C)cc(Br)c([N+](=O)[O-])c1F. The number of hydrogen-bond donors (Lipinski definition) is 0. The highest BCUT2D eigenvalue weighted by atomic mass is 79.9. The monoisotopic (exact) mass is 396 g/mol. The number of hydrogen-bond acceptors (Lipinski definition) is 6. The van der Waals surface area contributed by atoms with Crippen LogP contribution in [0.5, 0.6) is 17.2 Å². The summed E-state index contributed by atoms with van der Waals surface area (Å²) in [6.45, 7) is 0. The Bertz CT molecular complexity index is 960. The van der Waals surface area contributed by atoms with E-state index in [1.807, 2.05) is 0 Å². The molecule has 0 atom stereocenters. The van der Waals surface area contributed by atoms with E-state index in [1.54, 1.807) is 29.9 Å². The van der Waals surface area contributed by atoms with E-state index in [0.29, 0.717) is 11.3 Å². The zero-order chi connectivity index (χ0) is 17.4. The molecule has 0 aliphatic heterocycles. The van der Waals surface area contributed by atoms with Crippen LogP contribution in [0.1, 0.15) is 0 Å². The fourth-order valence-corrected chi connectivity index (χ4v) is 2.74. The Labute approximate surface area is 143 Å². The summed E-state index contributed by atoms with van der Waals surface area (Å²) < 4.78 is 26.4. The van der Waals surface area contributed by atoms with E-state index in [0.717, 1.165) is 5.52 Å². The average Bonchev–Trinajstić information content (AvgIpc) is 2.88. The molecule has 0 bridgehead atoms. The molecule has 0 aliphatic rings. The van der Waals surface area contributed by atoms with Gasteiger partial charge < -0.3 is 9.47 Å². The summed E-state index contributed by atoms with van der Waals surface area (Å²) >= 11 is 2.98. The first-order valence-electron chi connectivity index (χ1n) is 6.60. The highest BCUT2D eigenvalue weighted by Gasteiger charge is 2.27. The first kappa shape index (κ1) is 16.1. The number of rotatable bonds is 4. The van der Waals surface area contributed by atoms with Gasteiger partial charge in [0.15, 0.2) is 5.75 Å². The van der Waals surface area contributed by atoms with Crippen LogP contribution in [0.3, 0.4) is 0 Å². The molecule has 24 heavy (non-hydrogen) atoms. The molecule has 3 aromatic rings. The van der Waals surface area contributed by atoms with Crippen LogP contribution < -0.4 is 9.47 Å². The summed E-state index contributed by atoms with van der Waals surface area (Å²) in [7, 11) is 2.95. The van der Waals surface area contributed by atoms with Gasteiger partial charge in [0.2, 0.25) is 11.6 Å². The largest absolute Gasteiger partial charge is 0.490 e. The molecule has 1 heterocycles. The molecule has 124 valence electrons. The molecule has 0 spiro atoms. The van der Waals surface area contributed by atoms with E-state index in [-0.39, 0.29) is 16.0 Å². The minimum Gasteiger partial charge on any atom is -0.490 e. The summed E-state index contributed by atoms with van der Waals surface area (Å²) in [6.07, 6.45) is 0. The normalized spacial score (nSPS) is 10.8. The molecule has 0 amide bonds. The highest BCUT2D eigenvalue weighted by molar-refractivity contribution is 9.10. The van der Waals surface area contributed by atoms with E-state index in [1.165, 1.54) is 13.2 Å². The van der Waals surface area contributed by atoms with Gasteiger partial charge in [-0.2, -0.15) is 4.39 Å². The van der Waals surface area contributed by atoms with Crippen molar-refractivity contribution in [3.05, 3.63) is 44.7 Å². The summed E-state index contributed by atoms with van der Waals surface area (Å²) in [5.74, 6) is -1.12. The number of fused-ring (bicyclic) bond motifs is 1. The van der Waals surface area contributed by atoms with Gasteiger partial charge in [-0.1, -0.05) is 5.21 Å². The van der Waals surface area contributed by atoms with Gasteiger partial charge in [0.1, 0.15) is 15.7 Å². The minimum atomic E-state index is -1.12. The van der Waals surface area contributed by atoms with Crippen molar-refractivity contribution in [3.63, 3.8) is 0 Å². The number of nitro groups is 1. The van der Waals surface area contributed by atoms with E-state index in [2.05, 4.69) is 26.2 Å². The third-order valence-electron chi connectivity index (χ3n) is 3.31. The van der Waals surface area contributed by atoms with Crippen LogP contribution in [0.25, 0.3) is 11.0 Å². The second kappa shape index (κ2) is 6.04. The van der Waals surface area contributed by atoms with Gasteiger partial charge in [0.25, 0.3) is 0 Å². The summed E-state index contributed by atoms with van der Waals surface area (Å²) in [5, 5.41) is 18.8. The van der Waals surface area contributed by atoms with Crippen LogP contribution in [0.2, 0.25) is 0 Å². The molecule has 0 saturated heterocycles. The first-order chi connectivity index (χ1) is 11.4. The number of methoxy groups -OCH3 is 1. The topological polar surface area (TPSA) is 92.3 Å². The van der Waals surface area contributed by atoms with Crippen LogP contribution in [0.15, 0.2) is 28.7 Å². The molecular formula is C14H10BrFN4O4. The molecule has 3 rings (SSSR count). The van der Waals surface area contributed by atoms with Gasteiger partial charge >= 0.3 is 5.69 Å². The van der Waals surface area contributed by atoms with Crippen LogP contribution in [0, 0.1) is 15.9 Å². The maximum absolute atomic E-state index is 14.3. The fraction of sp³-hybridized carbons (Fsp3) is 0.143. The third-order valence-corrected chi connectivity index (χ3v) is 3.92. The van der Waals surface area contributed by atoms with Crippen LogP contribution in [0.4, 0.5) is 10.1 Å². The van der Waals surface area contributed by atoms with Crippen molar-refractivity contribution in [2.75, 3.05) is 7.11 Å². The van der Waals surface area contributed by atoms with Crippen molar-refractivity contribution < 1.29 is 18.8 Å². The van der Waals surface area contributed by atoms with E-state index in [9.17, 15) is 14.5 Å². The highest BCUT2D eigenvalue weighted by Crippen LogP contribution is 2.43. The lowest BCUT2D eigenvalue weighted by Gasteiger charge is -2.12. The number of ether oxygens (including phenoxy) is 2. The van der Waals surface area contributed by atoms with Gasteiger partial charge in [-0.05, 0) is 28.1 Å². The summed E-state index contributed by atoms with van der Waals surface area (Å²) in [4.78, 5) is 10.1. The van der Waals surface area contributed by atoms with Crippen molar-refractivity contribution in [2.24, 2.45) is 7.05 Å². The number of nitrogens with zero attached hydrogens (tertiary/aromatic N) is 4. The Morgan fingerprint density at radius 1 is 1.38 bits per heavy atom. The molecule has 0 unspecified atom stereocenters. The molecule has 8 nitrogen and oxygen atoms in total. The molecule has 0 fully saturated rings. The lowest BCUT2D eigenvalue weighted by molar-refractivity contribution is -0.388. The zero-order valence-corrected chi connectivity index (χ0v) is 14.1. The molecule has 2 aromatic carbocycles. The van der Waals surface area contributed by atoms with Crippen molar-refractivity contribution >= 4 is 32.7 Å². The third kappa shape index (κ3) is 2.64. The van der Waals surface area contributed by atoms with Crippen LogP contribution in [-0.4, -0.2) is 27.0 Å². The fourth-order valence-electron chi connectivity index (χ4n) is 2.21. The van der Waals surface area contributed by atoms with Gasteiger partial charge in [-0.15, -0.1) is 5.10 Å². The second-order valence-electron chi connectivity index (χ2n) is 4.78. The number of nitro benzene ring substituents is 1. The number of halogens is 2. The van der Waals surface area contributed by atoms with Crippen molar-refractivity contribution in [1.82, 2.24) is 15.0 Å². The smallest absolute Gasteiger partial charge is 0.323 e. The maximum Gasteiger partial charge on any atom is 0.323 e. The quantitative estimate of drug-likeness (QED) is 0.494. The van der Waals surface area contributed by atoms with Crippen molar-refractivity contribution in [1.29, 1.82) is 0 Å². The van der Waals surface area contributed by atoms with E-state index < -0.39 is 16.4 Å². The van der Waals surface area contributed by atoms with E-state index >= 15 is 0 Å². The van der Waals surface area contributed by atoms with Gasteiger partial charge in [-0.25, -0.2) is 4.68 Å². The second-order valence-corrected chi connectivity index (χ2v) is 5.63. The van der Waals surface area contributed by atoms with Crippen molar-refractivity contribution in [2.45, 2.75) is 0 Å². The summed E-state index contributed by atoms with van der Waals surface area (Å²) in [6, 6.07) is 6.29. The summed E-state index contributed by atoms with van der Waals surface area (Å²) in [5.41, 5.74) is 0.671. The zero-order valence-electron chi connectivity index (χ0n) is 12.5. The molecule has 0 radical (unpaired) electrons. The molecule has 0 saturated carbocycles. The number of aryl methyl sites for hydroxylation is 1. The predicted octanol–water partition coefficient (Wildman–Crippen LogP) is 3.58. The first-order valence-corrected chi connectivity index (χ1v) is 7.39. The van der Waals surface area contributed by atoms with Gasteiger partial charge in [0.05, 0.1) is 17.5 Å². The average molecular weight is 397 g/mol. The van der Waals surface area contributed by atoms with E-state index in [4.69, 9.17) is 9.47 Å². The predicted molar refractivity (Wildman–Crippen MR) is 85.9 cm³/mol. The van der Waals surface area contributed by atoms with Crippen LogP contribution >= 0.6 is 15.9 Å². The Morgan fingerprint density at radius 3 is 2.79 bits per heavy atom. The maximum atomic E-state index is 14.3. The lowest BCUT2D eigenvalue weighted by atomic mass is 10.2. The van der Waals surface area contributed by atoms with Gasteiger partial charge in [0, 0.05) is 19.2 Å². The Morgan fingerprint density at radius 2 is 2.12 bits per heavy atom. The minimum absolute atomic E-state index is 0.00397. The molecule has 0 N–H and O–H groups in total. The molecule has 0 aliphatic carbocycles. The molecule has 1 aromatic heterocycles. The van der Waals surface area contributed by atoms with Crippen molar-refractivity contribution in [3.8, 4) is 17.2 Å². The number of benzene rings is 2. The molecular weight excluding hydrogens is 387 g/mol. The number of aromatic nitrogens is 3. The Balaban J connectivity index is 2.06. The van der Waals surface area contributed by atoms with Crippen LogP contribution in [-0.2, 0) is 7.05 Å². The lowest BCUT2D eigenvalue weighted by Crippen LogP contribution is -2.00. The Hall–Kier alpha value is -2.75. The standard InChI is InChI=1S/C14H10BrFN4O4/c1-19-10-4-3-7(5-9(10)17-18-19)24-11-6-8(15)13(20(21)22)12(16)14(11)23-2/h3-6H,1-2H3. The van der Waals surface area contributed by atoms with Gasteiger partial charge in [-0.3, -0.25) is 10.1 Å². The Kier molecular flexibility index (Phi) is 4.06. The molecule has 10 heteroatoms.